The number of thiazole rings is 1. The highest BCUT2D eigenvalue weighted by Gasteiger charge is 2.18. The van der Waals surface area contributed by atoms with Crippen molar-refractivity contribution in [1.82, 2.24) is 14.8 Å². The normalized spacial score (nSPS) is 12.0. The summed E-state index contributed by atoms with van der Waals surface area (Å²) in [5, 5.41) is 18.7. The predicted molar refractivity (Wildman–Crippen MR) is 134 cm³/mol. The van der Waals surface area contributed by atoms with Crippen molar-refractivity contribution in [3.63, 3.8) is 0 Å². The summed E-state index contributed by atoms with van der Waals surface area (Å²) in [7, 11) is 0. The number of rotatable bonds is 5. The van der Waals surface area contributed by atoms with Crippen LogP contribution in [-0.2, 0) is 0 Å². The quantitative estimate of drug-likeness (QED) is 0.241. The van der Waals surface area contributed by atoms with Gasteiger partial charge in [0.1, 0.15) is 0 Å². The largest absolute Gasteiger partial charge is 0.403 e. The molecule has 5 rings (SSSR count). The van der Waals surface area contributed by atoms with Crippen LogP contribution in [0.3, 0.4) is 0 Å². The molecule has 5 aromatic rings. The van der Waals surface area contributed by atoms with Crippen LogP contribution in [0.25, 0.3) is 17.5 Å². The average Bonchev–Trinajstić information content (AvgIpc) is 3.44. The molecule has 3 aromatic carbocycles. The fourth-order valence-electron chi connectivity index (χ4n) is 3.18. The molecule has 168 valence electrons. The van der Waals surface area contributed by atoms with E-state index in [0.717, 1.165) is 22.6 Å². The molecule has 0 aliphatic rings. The number of halogens is 1. The number of azo groups is 1. The number of hydrogen-bond donors (Lipinski definition) is 0. The zero-order valence-corrected chi connectivity index (χ0v) is 20.0. The lowest BCUT2D eigenvalue weighted by atomic mass is 10.2. The van der Waals surface area contributed by atoms with E-state index in [9.17, 15) is 0 Å². The zero-order chi connectivity index (χ0) is 23.5. The predicted octanol–water partition coefficient (Wildman–Crippen LogP) is 7.51. The SMILES string of the molecule is Cc1ccc(N=Nc2sc(=Nc3ccccc3)n(-c3nnc(-c4ccc(Cl)cc4)o3)c2C)cc1. The van der Waals surface area contributed by atoms with Crippen LogP contribution < -0.4 is 4.80 Å². The van der Waals surface area contributed by atoms with Gasteiger partial charge in [-0.1, -0.05) is 63.9 Å². The number of benzene rings is 3. The summed E-state index contributed by atoms with van der Waals surface area (Å²) in [6.45, 7) is 3.96. The maximum atomic E-state index is 6.02. The molecule has 2 heterocycles. The van der Waals surface area contributed by atoms with Gasteiger partial charge in [-0.05, 0) is 62.4 Å². The minimum atomic E-state index is 0.296. The fourth-order valence-corrected chi connectivity index (χ4v) is 4.26. The third-order valence-electron chi connectivity index (χ3n) is 4.99. The van der Waals surface area contributed by atoms with Crippen LogP contribution in [0.1, 0.15) is 11.3 Å². The first-order valence-corrected chi connectivity index (χ1v) is 11.7. The van der Waals surface area contributed by atoms with Gasteiger partial charge < -0.3 is 4.42 Å². The molecule has 0 saturated carbocycles. The first kappa shape index (κ1) is 21.9. The summed E-state index contributed by atoms with van der Waals surface area (Å²) in [5.74, 6) is 0.387. The Morgan fingerprint density at radius 1 is 0.824 bits per heavy atom. The van der Waals surface area contributed by atoms with Crippen molar-refractivity contribution in [2.24, 2.45) is 15.2 Å². The molecule has 0 N–H and O–H groups in total. The van der Waals surface area contributed by atoms with Gasteiger partial charge in [0.25, 0.3) is 0 Å². The van der Waals surface area contributed by atoms with E-state index in [1.807, 2.05) is 80.6 Å². The van der Waals surface area contributed by atoms with Crippen molar-refractivity contribution < 1.29 is 4.42 Å². The second-order valence-electron chi connectivity index (χ2n) is 7.49. The Bertz CT molecular complexity index is 1520. The Hall–Kier alpha value is -3.88. The van der Waals surface area contributed by atoms with E-state index in [2.05, 4.69) is 20.4 Å². The minimum Gasteiger partial charge on any atom is -0.403 e. The van der Waals surface area contributed by atoms with Gasteiger partial charge >= 0.3 is 6.01 Å². The van der Waals surface area contributed by atoms with Crippen LogP contribution in [0.2, 0.25) is 5.02 Å². The number of aryl methyl sites for hydroxylation is 1. The van der Waals surface area contributed by atoms with Crippen molar-refractivity contribution >= 4 is 39.3 Å². The molecule has 34 heavy (non-hydrogen) atoms. The summed E-state index contributed by atoms with van der Waals surface area (Å²) in [5.41, 5.74) is 4.31. The standard InChI is InChI=1S/C25H19ClN6OS/c1-16-8-14-21(15-9-16)28-30-23-17(2)32(25(34-23)27-20-6-4-3-5-7-20)24-31-29-22(33-24)18-10-12-19(26)13-11-18/h3-15H,1-2H3. The molecule has 0 aliphatic carbocycles. The van der Waals surface area contributed by atoms with Gasteiger partial charge in [-0.3, -0.25) is 0 Å². The molecular weight excluding hydrogens is 468 g/mol. The van der Waals surface area contributed by atoms with Crippen molar-refractivity contribution in [2.45, 2.75) is 13.8 Å². The number of aromatic nitrogens is 3. The monoisotopic (exact) mass is 486 g/mol. The van der Waals surface area contributed by atoms with E-state index in [1.54, 1.807) is 16.7 Å². The molecule has 0 saturated heterocycles. The highest BCUT2D eigenvalue weighted by Crippen LogP contribution is 2.29. The van der Waals surface area contributed by atoms with Gasteiger partial charge in [0.2, 0.25) is 10.7 Å². The molecule has 0 atom stereocenters. The van der Waals surface area contributed by atoms with E-state index >= 15 is 0 Å². The fraction of sp³-hybridized carbons (Fsp3) is 0.0800. The Morgan fingerprint density at radius 2 is 1.56 bits per heavy atom. The summed E-state index contributed by atoms with van der Waals surface area (Å²) in [4.78, 5) is 5.44. The first-order valence-electron chi connectivity index (χ1n) is 10.5. The lowest BCUT2D eigenvalue weighted by molar-refractivity contribution is 0.531. The molecule has 0 spiro atoms. The maximum absolute atomic E-state index is 6.02. The number of nitrogens with zero attached hydrogens (tertiary/aromatic N) is 6. The molecule has 2 aromatic heterocycles. The van der Waals surface area contributed by atoms with Crippen molar-refractivity contribution in [3.05, 3.63) is 99.9 Å². The van der Waals surface area contributed by atoms with Crippen LogP contribution in [-0.4, -0.2) is 14.8 Å². The maximum Gasteiger partial charge on any atom is 0.329 e. The molecule has 9 heteroatoms. The number of para-hydroxylation sites is 1. The third-order valence-corrected chi connectivity index (χ3v) is 6.27. The van der Waals surface area contributed by atoms with Crippen LogP contribution in [0.4, 0.5) is 16.4 Å². The van der Waals surface area contributed by atoms with Crippen LogP contribution >= 0.6 is 22.9 Å². The minimum absolute atomic E-state index is 0.296. The van der Waals surface area contributed by atoms with Gasteiger partial charge in [0, 0.05) is 10.6 Å². The topological polar surface area (TPSA) is 80.9 Å². The molecular formula is C25H19ClN6OS. The van der Waals surface area contributed by atoms with Crippen molar-refractivity contribution in [3.8, 4) is 17.5 Å². The van der Waals surface area contributed by atoms with Crippen LogP contribution in [0, 0.1) is 13.8 Å². The number of hydrogen-bond acceptors (Lipinski definition) is 7. The Kier molecular flexibility index (Phi) is 6.16. The second kappa shape index (κ2) is 9.54. The van der Waals surface area contributed by atoms with Gasteiger partial charge in [-0.25, -0.2) is 9.56 Å². The van der Waals surface area contributed by atoms with Gasteiger partial charge in [-0.15, -0.1) is 15.3 Å². The highest BCUT2D eigenvalue weighted by molar-refractivity contribution is 7.13. The molecule has 0 bridgehead atoms. The summed E-state index contributed by atoms with van der Waals surface area (Å²) in [6.07, 6.45) is 0. The second-order valence-corrected chi connectivity index (χ2v) is 8.88. The molecule has 0 amide bonds. The van der Waals surface area contributed by atoms with Gasteiger partial charge in [0.05, 0.1) is 17.1 Å². The lowest BCUT2D eigenvalue weighted by Crippen LogP contribution is -2.14. The smallest absolute Gasteiger partial charge is 0.329 e. The molecule has 7 nitrogen and oxygen atoms in total. The van der Waals surface area contributed by atoms with Gasteiger partial charge in [0.15, 0.2) is 5.00 Å². The zero-order valence-electron chi connectivity index (χ0n) is 18.4. The van der Waals surface area contributed by atoms with E-state index in [4.69, 9.17) is 21.0 Å². The lowest BCUT2D eigenvalue weighted by Gasteiger charge is -2.00. The molecule has 0 aliphatic heterocycles. The summed E-state index contributed by atoms with van der Waals surface area (Å²) < 4.78 is 7.82. The van der Waals surface area contributed by atoms with E-state index in [1.165, 1.54) is 16.9 Å². The highest BCUT2D eigenvalue weighted by atomic mass is 35.5. The van der Waals surface area contributed by atoms with E-state index < -0.39 is 0 Å². The van der Waals surface area contributed by atoms with Crippen molar-refractivity contribution in [1.29, 1.82) is 0 Å². The van der Waals surface area contributed by atoms with Crippen LogP contribution in [0.5, 0.6) is 0 Å². The summed E-state index contributed by atoms with van der Waals surface area (Å²) in [6, 6.07) is 25.1. The Morgan fingerprint density at radius 3 is 2.29 bits per heavy atom. The van der Waals surface area contributed by atoms with E-state index in [-0.39, 0.29) is 0 Å². The average molecular weight is 487 g/mol. The molecule has 0 unspecified atom stereocenters. The van der Waals surface area contributed by atoms with E-state index in [0.29, 0.717) is 26.7 Å². The van der Waals surface area contributed by atoms with Crippen molar-refractivity contribution in [2.75, 3.05) is 0 Å². The Balaban J connectivity index is 1.60. The first-order chi connectivity index (χ1) is 16.6. The molecule has 0 radical (unpaired) electrons. The van der Waals surface area contributed by atoms with Crippen LogP contribution in [0.15, 0.2) is 98.5 Å². The Labute approximate surface area is 204 Å². The molecule has 0 fully saturated rings. The summed E-state index contributed by atoms with van der Waals surface area (Å²) >= 11 is 7.40. The third kappa shape index (κ3) is 4.73. The van der Waals surface area contributed by atoms with Gasteiger partial charge in [-0.2, -0.15) is 0 Å².